The Balaban J connectivity index is 1.59. The van der Waals surface area contributed by atoms with Gasteiger partial charge in [0.05, 0.1) is 31.5 Å². The molecule has 1 fully saturated rings. The standard InChI is InChI=1S/C17H18ClN3O2/c18-15-4-2-1-3-13(15)11-17(22)20-16-6-5-14(12-19-16)21-7-9-23-10-8-21/h1-6,12H,7-11H2,(H,19,20,22). The molecule has 1 aliphatic heterocycles. The van der Waals surface area contributed by atoms with Crippen LogP contribution < -0.4 is 10.2 Å². The predicted molar refractivity (Wildman–Crippen MR) is 91.1 cm³/mol. The van der Waals surface area contributed by atoms with Gasteiger partial charge in [-0.2, -0.15) is 0 Å². The number of aromatic nitrogens is 1. The molecule has 0 bridgehead atoms. The SMILES string of the molecule is O=C(Cc1ccccc1Cl)Nc1ccc(N2CCOCC2)cn1. The Hall–Kier alpha value is -2.11. The van der Waals surface area contributed by atoms with E-state index in [-0.39, 0.29) is 12.3 Å². The molecule has 1 amide bonds. The molecule has 0 saturated carbocycles. The molecule has 6 heteroatoms. The predicted octanol–water partition coefficient (Wildman–Crippen LogP) is 2.75. The van der Waals surface area contributed by atoms with Crippen molar-refractivity contribution in [3.05, 3.63) is 53.2 Å². The number of amides is 1. The highest BCUT2D eigenvalue weighted by molar-refractivity contribution is 6.31. The zero-order valence-corrected chi connectivity index (χ0v) is 13.4. The molecule has 0 spiro atoms. The highest BCUT2D eigenvalue weighted by atomic mass is 35.5. The molecule has 2 heterocycles. The van der Waals surface area contributed by atoms with Crippen molar-refractivity contribution in [2.24, 2.45) is 0 Å². The molecule has 1 aromatic heterocycles. The highest BCUT2D eigenvalue weighted by Gasteiger charge is 2.12. The first-order chi connectivity index (χ1) is 11.2. The van der Waals surface area contributed by atoms with Crippen LogP contribution in [0.1, 0.15) is 5.56 Å². The van der Waals surface area contributed by atoms with Crippen molar-refractivity contribution in [2.45, 2.75) is 6.42 Å². The van der Waals surface area contributed by atoms with E-state index in [4.69, 9.17) is 16.3 Å². The van der Waals surface area contributed by atoms with Crippen LogP contribution in [0.3, 0.4) is 0 Å². The summed E-state index contributed by atoms with van der Waals surface area (Å²) in [5.74, 6) is 0.406. The minimum Gasteiger partial charge on any atom is -0.378 e. The summed E-state index contributed by atoms with van der Waals surface area (Å²) < 4.78 is 5.33. The maximum absolute atomic E-state index is 12.1. The number of hydrogen-bond donors (Lipinski definition) is 1. The molecule has 5 nitrogen and oxygen atoms in total. The zero-order valence-electron chi connectivity index (χ0n) is 12.7. The van der Waals surface area contributed by atoms with Gasteiger partial charge in [-0.1, -0.05) is 29.8 Å². The van der Waals surface area contributed by atoms with Crippen LogP contribution >= 0.6 is 11.6 Å². The summed E-state index contributed by atoms with van der Waals surface area (Å²) in [5.41, 5.74) is 1.84. The quantitative estimate of drug-likeness (QED) is 0.936. The van der Waals surface area contributed by atoms with E-state index in [0.717, 1.165) is 37.6 Å². The largest absolute Gasteiger partial charge is 0.378 e. The first kappa shape index (κ1) is 15.8. The smallest absolute Gasteiger partial charge is 0.230 e. The summed E-state index contributed by atoms with van der Waals surface area (Å²) >= 11 is 6.07. The summed E-state index contributed by atoms with van der Waals surface area (Å²) in [7, 11) is 0. The third kappa shape index (κ3) is 4.21. The maximum Gasteiger partial charge on any atom is 0.230 e. The summed E-state index contributed by atoms with van der Waals surface area (Å²) in [4.78, 5) is 18.6. The lowest BCUT2D eigenvalue weighted by Gasteiger charge is -2.28. The van der Waals surface area contributed by atoms with Gasteiger partial charge < -0.3 is 15.0 Å². The molecule has 1 aliphatic rings. The third-order valence-electron chi connectivity index (χ3n) is 3.70. The third-order valence-corrected chi connectivity index (χ3v) is 4.07. The first-order valence-electron chi connectivity index (χ1n) is 7.54. The van der Waals surface area contributed by atoms with Gasteiger partial charge in [0.25, 0.3) is 0 Å². The Labute approximate surface area is 140 Å². The van der Waals surface area contributed by atoms with Crippen molar-refractivity contribution >= 4 is 29.0 Å². The Morgan fingerprint density at radius 3 is 2.70 bits per heavy atom. The van der Waals surface area contributed by atoms with Gasteiger partial charge >= 0.3 is 0 Å². The van der Waals surface area contributed by atoms with Gasteiger partial charge in [0.1, 0.15) is 5.82 Å². The van der Waals surface area contributed by atoms with Gasteiger partial charge in [-0.25, -0.2) is 4.98 Å². The van der Waals surface area contributed by atoms with Crippen LogP contribution in [0.15, 0.2) is 42.6 Å². The minimum atomic E-state index is -0.135. The van der Waals surface area contributed by atoms with Crippen molar-refractivity contribution in [3.8, 4) is 0 Å². The molecular formula is C17H18ClN3O2. The number of rotatable bonds is 4. The Morgan fingerprint density at radius 2 is 2.00 bits per heavy atom. The molecule has 1 saturated heterocycles. The van der Waals surface area contributed by atoms with Crippen LogP contribution in [0.25, 0.3) is 0 Å². The molecule has 2 aromatic rings. The lowest BCUT2D eigenvalue weighted by molar-refractivity contribution is -0.115. The molecule has 3 rings (SSSR count). The van der Waals surface area contributed by atoms with Crippen molar-refractivity contribution < 1.29 is 9.53 Å². The van der Waals surface area contributed by atoms with E-state index in [1.165, 1.54) is 0 Å². The molecule has 0 unspecified atom stereocenters. The van der Waals surface area contributed by atoms with Gasteiger partial charge in [0.2, 0.25) is 5.91 Å². The number of nitrogens with zero attached hydrogens (tertiary/aromatic N) is 2. The molecular weight excluding hydrogens is 314 g/mol. The number of ether oxygens (including phenoxy) is 1. The lowest BCUT2D eigenvalue weighted by atomic mass is 10.1. The van der Waals surface area contributed by atoms with Gasteiger partial charge in [0, 0.05) is 18.1 Å². The number of halogens is 1. The van der Waals surface area contributed by atoms with E-state index >= 15 is 0 Å². The Bertz CT molecular complexity index is 670. The fourth-order valence-electron chi connectivity index (χ4n) is 2.47. The van der Waals surface area contributed by atoms with E-state index in [2.05, 4.69) is 15.2 Å². The monoisotopic (exact) mass is 331 g/mol. The van der Waals surface area contributed by atoms with E-state index in [1.54, 1.807) is 12.3 Å². The number of nitrogens with one attached hydrogen (secondary N) is 1. The van der Waals surface area contributed by atoms with Gasteiger partial charge in [-0.3, -0.25) is 4.79 Å². The minimum absolute atomic E-state index is 0.135. The van der Waals surface area contributed by atoms with Crippen LogP contribution in [-0.4, -0.2) is 37.2 Å². The van der Waals surface area contributed by atoms with Crippen molar-refractivity contribution in [1.29, 1.82) is 0 Å². The van der Waals surface area contributed by atoms with E-state index in [9.17, 15) is 4.79 Å². The van der Waals surface area contributed by atoms with Crippen LogP contribution in [0, 0.1) is 0 Å². The average Bonchev–Trinajstić information content (AvgIpc) is 2.58. The molecule has 1 aromatic carbocycles. The van der Waals surface area contributed by atoms with Crippen LogP contribution in [0.4, 0.5) is 11.5 Å². The Kier molecular flexibility index (Phi) is 5.10. The average molecular weight is 332 g/mol. The van der Waals surface area contributed by atoms with Gasteiger partial charge in [-0.15, -0.1) is 0 Å². The second-order valence-corrected chi connectivity index (χ2v) is 5.72. The molecule has 0 aliphatic carbocycles. The number of pyridine rings is 1. The van der Waals surface area contributed by atoms with Crippen molar-refractivity contribution in [3.63, 3.8) is 0 Å². The number of benzene rings is 1. The summed E-state index contributed by atoms with van der Waals surface area (Å²) in [5, 5.41) is 3.39. The van der Waals surface area contributed by atoms with Crippen molar-refractivity contribution in [2.75, 3.05) is 36.5 Å². The van der Waals surface area contributed by atoms with Crippen LogP contribution in [0.2, 0.25) is 5.02 Å². The summed E-state index contributed by atoms with van der Waals surface area (Å²) in [6.07, 6.45) is 2.00. The van der Waals surface area contributed by atoms with Crippen molar-refractivity contribution in [1.82, 2.24) is 4.98 Å². The lowest BCUT2D eigenvalue weighted by Crippen LogP contribution is -2.36. The number of hydrogen-bond acceptors (Lipinski definition) is 4. The molecule has 120 valence electrons. The highest BCUT2D eigenvalue weighted by Crippen LogP contribution is 2.18. The number of carbonyl (C=O) groups excluding carboxylic acids is 1. The van der Waals surface area contributed by atoms with E-state index < -0.39 is 0 Å². The fraction of sp³-hybridized carbons (Fsp3) is 0.294. The molecule has 0 radical (unpaired) electrons. The van der Waals surface area contributed by atoms with Crippen LogP contribution in [-0.2, 0) is 16.0 Å². The zero-order chi connectivity index (χ0) is 16.1. The molecule has 23 heavy (non-hydrogen) atoms. The molecule has 1 N–H and O–H groups in total. The second kappa shape index (κ2) is 7.44. The normalized spacial score (nSPS) is 14.6. The second-order valence-electron chi connectivity index (χ2n) is 5.32. The number of morpholine rings is 1. The number of carbonyl (C=O) groups is 1. The Morgan fingerprint density at radius 1 is 1.22 bits per heavy atom. The van der Waals surface area contributed by atoms with E-state index in [1.807, 2.05) is 30.3 Å². The number of anilines is 2. The van der Waals surface area contributed by atoms with Gasteiger partial charge in [-0.05, 0) is 23.8 Å². The van der Waals surface area contributed by atoms with Crippen LogP contribution in [0.5, 0.6) is 0 Å². The summed E-state index contributed by atoms with van der Waals surface area (Å²) in [6, 6.07) is 11.1. The summed E-state index contributed by atoms with van der Waals surface area (Å²) in [6.45, 7) is 3.19. The maximum atomic E-state index is 12.1. The first-order valence-corrected chi connectivity index (χ1v) is 7.92. The molecule has 0 atom stereocenters. The van der Waals surface area contributed by atoms with E-state index in [0.29, 0.717) is 10.8 Å². The fourth-order valence-corrected chi connectivity index (χ4v) is 2.67. The topological polar surface area (TPSA) is 54.5 Å². The van der Waals surface area contributed by atoms with Gasteiger partial charge in [0.15, 0.2) is 0 Å².